The Morgan fingerprint density at radius 1 is 0.438 bits per heavy atom. The van der Waals surface area contributed by atoms with Crippen molar-refractivity contribution < 1.29 is 43.9 Å². The highest BCUT2D eigenvalue weighted by atomic mass is 28.4. The molecule has 0 aliphatic carbocycles. The first-order valence-corrected chi connectivity index (χ1v) is 11.8. The predicted molar refractivity (Wildman–Crippen MR) is 103 cm³/mol. The fraction of sp³-hybridized carbons (Fsp3) is 0.429. The molecule has 11 heteroatoms. The molecular formula is C21H21F9OSi. The van der Waals surface area contributed by atoms with Crippen LogP contribution in [0.1, 0.15) is 41.5 Å². The molecule has 0 N–H and O–H groups in total. The summed E-state index contributed by atoms with van der Waals surface area (Å²) < 4.78 is 133. The molecule has 0 aliphatic rings. The van der Waals surface area contributed by atoms with Crippen molar-refractivity contribution in [1.82, 2.24) is 0 Å². The first kappa shape index (κ1) is 26.1. The highest BCUT2D eigenvalue weighted by molar-refractivity contribution is 6.78. The molecule has 0 saturated carbocycles. The Balaban J connectivity index is 3.08. The summed E-state index contributed by atoms with van der Waals surface area (Å²) in [6, 6.07) is 0. The second kappa shape index (κ2) is 8.99. The summed E-state index contributed by atoms with van der Waals surface area (Å²) in [5.41, 5.74) is -4.74. The van der Waals surface area contributed by atoms with Gasteiger partial charge in [-0.1, -0.05) is 41.5 Å². The average molecular weight is 488 g/mol. The molecule has 0 atom stereocenters. The first-order chi connectivity index (χ1) is 14.6. The number of hydrogen-bond acceptors (Lipinski definition) is 1. The minimum atomic E-state index is -3.30. The Labute approximate surface area is 180 Å². The summed E-state index contributed by atoms with van der Waals surface area (Å²) in [7, 11) is -3.30. The highest BCUT2D eigenvalue weighted by Crippen LogP contribution is 2.48. The van der Waals surface area contributed by atoms with Gasteiger partial charge < -0.3 is 4.43 Å². The number of hydrogen-bond donors (Lipinski definition) is 0. The van der Waals surface area contributed by atoms with E-state index in [-0.39, 0.29) is 16.6 Å². The van der Waals surface area contributed by atoms with Gasteiger partial charge in [0.1, 0.15) is 0 Å². The van der Waals surface area contributed by atoms with Gasteiger partial charge in [0.15, 0.2) is 40.7 Å². The van der Waals surface area contributed by atoms with Gasteiger partial charge in [-0.3, -0.25) is 0 Å². The minimum Gasteiger partial charge on any atom is -0.540 e. The predicted octanol–water partition coefficient (Wildman–Crippen LogP) is 8.16. The lowest BCUT2D eigenvalue weighted by molar-refractivity contribution is 0.369. The number of halogens is 9. The Morgan fingerprint density at radius 3 is 1.06 bits per heavy atom. The molecule has 0 fully saturated rings. The molecule has 0 amide bonds. The lowest BCUT2D eigenvalue weighted by Crippen LogP contribution is -2.51. The molecule has 2 aromatic rings. The van der Waals surface area contributed by atoms with E-state index < -0.39 is 77.5 Å². The second-order valence-corrected chi connectivity index (χ2v) is 13.7. The summed E-state index contributed by atoms with van der Waals surface area (Å²) in [5.74, 6) is -23.3. The second-order valence-electron chi connectivity index (χ2n) is 8.32. The lowest BCUT2D eigenvalue weighted by atomic mass is 10.0. The van der Waals surface area contributed by atoms with Crippen LogP contribution in [0.5, 0.6) is 5.75 Å². The van der Waals surface area contributed by atoms with E-state index in [0.29, 0.717) is 0 Å². The lowest BCUT2D eigenvalue weighted by Gasteiger charge is -2.42. The normalized spacial score (nSPS) is 12.4. The summed E-state index contributed by atoms with van der Waals surface area (Å²) in [6.45, 7) is 10.1. The van der Waals surface area contributed by atoms with Crippen LogP contribution in [0.2, 0.25) is 16.6 Å². The van der Waals surface area contributed by atoms with Crippen LogP contribution in [-0.4, -0.2) is 8.32 Å². The van der Waals surface area contributed by atoms with Crippen LogP contribution in [0, 0.1) is 52.4 Å². The average Bonchev–Trinajstić information content (AvgIpc) is 2.71. The van der Waals surface area contributed by atoms with Gasteiger partial charge in [0, 0.05) is 0 Å². The molecule has 1 nitrogen and oxygen atoms in total. The third kappa shape index (κ3) is 3.78. The fourth-order valence-corrected chi connectivity index (χ4v) is 9.54. The smallest absolute Gasteiger partial charge is 0.258 e. The van der Waals surface area contributed by atoms with E-state index in [1.54, 1.807) is 41.5 Å². The molecule has 0 radical (unpaired) electrons. The zero-order valence-electron chi connectivity index (χ0n) is 18.0. The van der Waals surface area contributed by atoms with Crippen LogP contribution < -0.4 is 4.43 Å². The third-order valence-corrected chi connectivity index (χ3v) is 11.6. The van der Waals surface area contributed by atoms with E-state index in [1.165, 1.54) is 0 Å². The van der Waals surface area contributed by atoms with Crippen LogP contribution in [0.25, 0.3) is 11.1 Å². The standard InChI is InChI=1S/C21H21F9OSi/c1-7(2)32(8(3)4,9(5)6)31-21-11(14(24)17(27)19(29)20(21)30)10-12(22)15(25)18(28)16(26)13(10)23/h7-9H,1-6H3. The van der Waals surface area contributed by atoms with E-state index in [9.17, 15) is 39.5 Å². The maximum absolute atomic E-state index is 14.9. The van der Waals surface area contributed by atoms with Gasteiger partial charge in [-0.25, -0.2) is 35.1 Å². The van der Waals surface area contributed by atoms with Gasteiger partial charge in [-0.15, -0.1) is 0 Å². The molecule has 0 heterocycles. The summed E-state index contributed by atoms with van der Waals surface area (Å²) >= 11 is 0. The Kier molecular flexibility index (Phi) is 7.33. The van der Waals surface area contributed by atoms with Gasteiger partial charge in [0.2, 0.25) is 17.5 Å². The number of rotatable bonds is 6. The van der Waals surface area contributed by atoms with E-state index in [4.69, 9.17) is 4.43 Å². The van der Waals surface area contributed by atoms with Crippen molar-refractivity contribution in [3.05, 3.63) is 52.4 Å². The molecule has 178 valence electrons. The van der Waals surface area contributed by atoms with Gasteiger partial charge in [-0.2, -0.15) is 4.39 Å². The largest absolute Gasteiger partial charge is 0.540 e. The minimum absolute atomic E-state index is 0.359. The first-order valence-electron chi connectivity index (χ1n) is 9.69. The van der Waals surface area contributed by atoms with Gasteiger partial charge in [0.25, 0.3) is 8.32 Å². The molecule has 0 aromatic heterocycles. The maximum Gasteiger partial charge on any atom is 0.258 e. The Bertz CT molecular complexity index is 1000. The Morgan fingerprint density at radius 2 is 0.719 bits per heavy atom. The van der Waals surface area contributed by atoms with Crippen molar-refractivity contribution in [2.45, 2.75) is 58.2 Å². The third-order valence-electron chi connectivity index (χ3n) is 5.67. The molecule has 0 aliphatic heterocycles. The molecular weight excluding hydrogens is 467 g/mol. The highest BCUT2D eigenvalue weighted by Gasteiger charge is 2.49. The van der Waals surface area contributed by atoms with Crippen molar-refractivity contribution in [1.29, 1.82) is 0 Å². The molecule has 0 bridgehead atoms. The van der Waals surface area contributed by atoms with Crippen molar-refractivity contribution >= 4 is 8.32 Å². The van der Waals surface area contributed by atoms with Crippen molar-refractivity contribution in [2.24, 2.45) is 0 Å². The number of benzene rings is 2. The van der Waals surface area contributed by atoms with E-state index in [1.807, 2.05) is 0 Å². The van der Waals surface area contributed by atoms with E-state index >= 15 is 0 Å². The zero-order chi connectivity index (χ0) is 24.9. The van der Waals surface area contributed by atoms with Crippen LogP contribution in [0.3, 0.4) is 0 Å². The van der Waals surface area contributed by atoms with Crippen LogP contribution >= 0.6 is 0 Å². The van der Waals surface area contributed by atoms with Crippen LogP contribution in [0.15, 0.2) is 0 Å². The van der Waals surface area contributed by atoms with Crippen LogP contribution in [0.4, 0.5) is 39.5 Å². The maximum atomic E-state index is 14.9. The summed E-state index contributed by atoms with van der Waals surface area (Å²) in [6.07, 6.45) is 0. The van der Waals surface area contributed by atoms with Crippen LogP contribution in [-0.2, 0) is 0 Å². The van der Waals surface area contributed by atoms with E-state index in [2.05, 4.69) is 0 Å². The topological polar surface area (TPSA) is 9.23 Å². The molecule has 32 heavy (non-hydrogen) atoms. The summed E-state index contributed by atoms with van der Waals surface area (Å²) in [5, 5.41) is 0. The van der Waals surface area contributed by atoms with Gasteiger partial charge in [0.05, 0.1) is 11.1 Å². The molecule has 2 rings (SSSR count). The molecule has 0 spiro atoms. The van der Waals surface area contributed by atoms with Gasteiger partial charge >= 0.3 is 0 Å². The zero-order valence-corrected chi connectivity index (χ0v) is 19.0. The Hall–Kier alpha value is -2.17. The molecule has 0 saturated heterocycles. The molecule has 2 aromatic carbocycles. The van der Waals surface area contributed by atoms with Crippen molar-refractivity contribution in [3.63, 3.8) is 0 Å². The van der Waals surface area contributed by atoms with Crippen molar-refractivity contribution in [3.8, 4) is 16.9 Å². The SMILES string of the molecule is CC(C)[Si](Oc1c(F)c(F)c(F)c(F)c1-c1c(F)c(F)c(F)c(F)c1F)(C(C)C)C(C)C. The van der Waals surface area contributed by atoms with Gasteiger partial charge in [-0.05, 0) is 16.6 Å². The van der Waals surface area contributed by atoms with E-state index in [0.717, 1.165) is 0 Å². The summed E-state index contributed by atoms with van der Waals surface area (Å²) in [4.78, 5) is 0. The fourth-order valence-electron chi connectivity index (χ4n) is 4.29. The monoisotopic (exact) mass is 488 g/mol. The quantitative estimate of drug-likeness (QED) is 0.173. The van der Waals surface area contributed by atoms with Crippen molar-refractivity contribution in [2.75, 3.05) is 0 Å². The molecule has 0 unspecified atom stereocenters.